The summed E-state index contributed by atoms with van der Waals surface area (Å²) in [7, 11) is 0. The van der Waals surface area contributed by atoms with Gasteiger partial charge in [0, 0.05) is 25.3 Å². The highest BCUT2D eigenvalue weighted by Gasteiger charge is 2.17. The van der Waals surface area contributed by atoms with Crippen LogP contribution in [-0.4, -0.2) is 41.3 Å². The van der Waals surface area contributed by atoms with E-state index in [1.165, 1.54) is 24.3 Å². The first-order valence-electron chi connectivity index (χ1n) is 7.82. The number of hydrogen-bond acceptors (Lipinski definition) is 6. The van der Waals surface area contributed by atoms with Gasteiger partial charge in [-0.15, -0.1) is 0 Å². The van der Waals surface area contributed by atoms with Crippen LogP contribution in [0.1, 0.15) is 19.8 Å². The number of hydrogen-bond donors (Lipinski definition) is 3. The predicted molar refractivity (Wildman–Crippen MR) is 94.0 cm³/mol. The molecule has 2 rings (SSSR count). The number of ether oxygens (including phenoxy) is 2. The van der Waals surface area contributed by atoms with Crippen molar-refractivity contribution in [3.8, 4) is 5.75 Å². The first-order valence-corrected chi connectivity index (χ1v) is 8.23. The van der Waals surface area contributed by atoms with Crippen molar-refractivity contribution in [2.24, 2.45) is 0 Å². The zero-order chi connectivity index (χ0) is 18.2. The quantitative estimate of drug-likeness (QED) is 0.388. The van der Waals surface area contributed by atoms with E-state index >= 15 is 0 Å². The minimum absolute atomic E-state index is 0.0474. The van der Waals surface area contributed by atoms with Crippen molar-refractivity contribution in [3.05, 3.63) is 34.4 Å². The van der Waals surface area contributed by atoms with Gasteiger partial charge in [-0.25, -0.2) is 0 Å². The highest BCUT2D eigenvalue weighted by Crippen LogP contribution is 2.18. The van der Waals surface area contributed by atoms with E-state index in [9.17, 15) is 14.9 Å². The number of nitro benzene ring substituents is 1. The van der Waals surface area contributed by atoms with Crippen molar-refractivity contribution in [1.82, 2.24) is 16.2 Å². The molecule has 25 heavy (non-hydrogen) atoms. The lowest BCUT2D eigenvalue weighted by atomic mass is 10.2. The van der Waals surface area contributed by atoms with Gasteiger partial charge in [0.2, 0.25) is 0 Å². The molecule has 3 N–H and O–H groups in total. The summed E-state index contributed by atoms with van der Waals surface area (Å²) in [5.41, 5.74) is 4.99. The van der Waals surface area contributed by atoms with Crippen molar-refractivity contribution in [2.75, 3.05) is 13.2 Å². The number of carbonyl (C=O) groups is 1. The van der Waals surface area contributed by atoms with Gasteiger partial charge in [0.05, 0.1) is 11.0 Å². The number of hydrazine groups is 1. The van der Waals surface area contributed by atoms with Gasteiger partial charge >= 0.3 is 0 Å². The van der Waals surface area contributed by atoms with Crippen molar-refractivity contribution in [1.29, 1.82) is 0 Å². The zero-order valence-corrected chi connectivity index (χ0v) is 14.5. The topological polar surface area (TPSA) is 115 Å². The first kappa shape index (κ1) is 18.9. The third-order valence-electron chi connectivity index (χ3n) is 3.54. The second-order valence-electron chi connectivity index (χ2n) is 5.47. The molecule has 2 atom stereocenters. The molecule has 0 spiro atoms. The second kappa shape index (κ2) is 9.14. The molecule has 1 saturated heterocycles. The van der Waals surface area contributed by atoms with Crippen molar-refractivity contribution < 1.29 is 19.2 Å². The lowest BCUT2D eigenvalue weighted by molar-refractivity contribution is -0.384. The van der Waals surface area contributed by atoms with E-state index in [2.05, 4.69) is 16.2 Å². The average Bonchev–Trinajstić information content (AvgIpc) is 3.11. The molecule has 1 aliphatic rings. The molecule has 0 unspecified atom stereocenters. The molecule has 0 bridgehead atoms. The molecule has 1 amide bonds. The van der Waals surface area contributed by atoms with Gasteiger partial charge in [0.15, 0.2) is 11.2 Å². The number of amides is 1. The summed E-state index contributed by atoms with van der Waals surface area (Å²) in [6.45, 7) is 2.90. The smallest absolute Gasteiger partial charge is 0.279 e. The molecule has 0 aromatic heterocycles. The Morgan fingerprint density at radius 1 is 1.44 bits per heavy atom. The monoisotopic (exact) mass is 368 g/mol. The Bertz CT molecular complexity index is 619. The first-order chi connectivity index (χ1) is 12.0. The van der Waals surface area contributed by atoms with Crippen LogP contribution in [0.5, 0.6) is 5.75 Å². The summed E-state index contributed by atoms with van der Waals surface area (Å²) in [5, 5.41) is 13.8. The molecular formula is C15H20N4O5S. The number of nitro groups is 1. The molecule has 10 heteroatoms. The molecule has 0 aliphatic carbocycles. The normalized spacial score (nSPS) is 17.4. The molecular weight excluding hydrogens is 348 g/mol. The number of benzene rings is 1. The maximum Gasteiger partial charge on any atom is 0.279 e. The van der Waals surface area contributed by atoms with E-state index in [4.69, 9.17) is 21.7 Å². The molecule has 1 aromatic carbocycles. The second-order valence-corrected chi connectivity index (χ2v) is 5.88. The molecule has 1 fully saturated rings. The van der Waals surface area contributed by atoms with Crippen LogP contribution >= 0.6 is 12.2 Å². The van der Waals surface area contributed by atoms with Crippen LogP contribution in [0.15, 0.2) is 24.3 Å². The van der Waals surface area contributed by atoms with Crippen LogP contribution in [-0.2, 0) is 9.53 Å². The van der Waals surface area contributed by atoms with E-state index in [-0.39, 0.29) is 16.9 Å². The zero-order valence-electron chi connectivity index (χ0n) is 13.7. The summed E-state index contributed by atoms with van der Waals surface area (Å²) in [6, 6.07) is 5.48. The van der Waals surface area contributed by atoms with Gasteiger partial charge in [-0.05, 0) is 44.1 Å². The van der Waals surface area contributed by atoms with Crippen molar-refractivity contribution in [3.63, 3.8) is 0 Å². The Morgan fingerprint density at radius 2 is 2.16 bits per heavy atom. The van der Waals surface area contributed by atoms with Gasteiger partial charge in [-0.1, -0.05) is 0 Å². The number of nitrogens with one attached hydrogen (secondary N) is 3. The highest BCUT2D eigenvalue weighted by atomic mass is 32.1. The molecule has 0 radical (unpaired) electrons. The minimum atomic E-state index is -0.810. The van der Waals surface area contributed by atoms with Gasteiger partial charge in [0.25, 0.3) is 11.6 Å². The Labute approximate surface area is 150 Å². The lowest BCUT2D eigenvalue weighted by Gasteiger charge is -2.17. The maximum atomic E-state index is 12.0. The standard InChI is InChI=1S/C15H20N4O5S/c1-10(24-12-6-4-11(5-7-12)19(21)22)14(20)17-18-15(25)16-9-13-3-2-8-23-13/h4-7,10,13H,2-3,8-9H2,1H3,(H,17,20)(H2,16,18,25)/t10-,13-/m1/s1. The Hall–Kier alpha value is -2.46. The van der Waals surface area contributed by atoms with E-state index in [1.54, 1.807) is 6.92 Å². The molecule has 9 nitrogen and oxygen atoms in total. The van der Waals surface area contributed by atoms with Crippen molar-refractivity contribution >= 4 is 28.9 Å². The van der Waals surface area contributed by atoms with Crippen LogP contribution in [0.2, 0.25) is 0 Å². The third-order valence-corrected chi connectivity index (χ3v) is 3.79. The number of rotatable bonds is 6. The van der Waals surface area contributed by atoms with E-state index < -0.39 is 16.9 Å². The molecule has 0 saturated carbocycles. The SMILES string of the molecule is C[C@@H](Oc1ccc([N+](=O)[O-])cc1)C(=O)NNC(=S)NC[C@H]1CCCO1. The Kier molecular flexibility index (Phi) is 6.90. The number of thiocarbonyl (C=S) groups is 1. The fourth-order valence-corrected chi connectivity index (χ4v) is 2.31. The van der Waals surface area contributed by atoms with Crippen LogP contribution in [0.25, 0.3) is 0 Å². The number of carbonyl (C=O) groups excluding carboxylic acids is 1. The fraction of sp³-hybridized carbons (Fsp3) is 0.467. The summed E-state index contributed by atoms with van der Waals surface area (Å²) >= 11 is 5.06. The Balaban J connectivity index is 1.70. The maximum absolute atomic E-state index is 12.0. The molecule has 1 aromatic rings. The summed E-state index contributed by atoms with van der Waals surface area (Å²) in [5.74, 6) is -0.0769. The summed E-state index contributed by atoms with van der Waals surface area (Å²) in [6.07, 6.45) is 1.36. The number of non-ortho nitro benzene ring substituents is 1. The van der Waals surface area contributed by atoms with Crippen LogP contribution in [0.3, 0.4) is 0 Å². The summed E-state index contributed by atoms with van der Waals surface area (Å²) < 4.78 is 10.9. The van der Waals surface area contributed by atoms with Crippen molar-refractivity contribution in [2.45, 2.75) is 32.0 Å². The van der Waals surface area contributed by atoms with Gasteiger partial charge in [-0.2, -0.15) is 0 Å². The molecule has 1 aliphatic heterocycles. The van der Waals surface area contributed by atoms with Gasteiger partial charge in [0.1, 0.15) is 5.75 Å². The lowest BCUT2D eigenvalue weighted by Crippen LogP contribution is -2.51. The third kappa shape index (κ3) is 6.16. The predicted octanol–water partition coefficient (Wildman–Crippen LogP) is 1.04. The fourth-order valence-electron chi connectivity index (χ4n) is 2.18. The van der Waals surface area contributed by atoms with Gasteiger partial charge in [-0.3, -0.25) is 25.8 Å². The average molecular weight is 368 g/mol. The molecule has 1 heterocycles. The number of nitrogens with zero attached hydrogens (tertiary/aromatic N) is 1. The highest BCUT2D eigenvalue weighted by molar-refractivity contribution is 7.80. The van der Waals surface area contributed by atoms with E-state index in [0.29, 0.717) is 12.3 Å². The minimum Gasteiger partial charge on any atom is -0.481 e. The van der Waals surface area contributed by atoms with Crippen LogP contribution in [0, 0.1) is 10.1 Å². The van der Waals surface area contributed by atoms with Crippen LogP contribution in [0.4, 0.5) is 5.69 Å². The summed E-state index contributed by atoms with van der Waals surface area (Å²) in [4.78, 5) is 22.1. The van der Waals surface area contributed by atoms with Gasteiger partial charge < -0.3 is 14.8 Å². The van der Waals surface area contributed by atoms with Crippen LogP contribution < -0.4 is 20.9 Å². The molecule has 136 valence electrons. The largest absolute Gasteiger partial charge is 0.481 e. The Morgan fingerprint density at radius 3 is 2.76 bits per heavy atom. The van der Waals surface area contributed by atoms with E-state index in [1.807, 2.05) is 0 Å². The van der Waals surface area contributed by atoms with E-state index in [0.717, 1.165) is 19.4 Å².